The van der Waals surface area contributed by atoms with Gasteiger partial charge in [-0.05, 0) is 49.9 Å². The lowest BCUT2D eigenvalue weighted by Crippen LogP contribution is -2.36. The highest BCUT2D eigenvalue weighted by Gasteiger charge is 2.26. The van der Waals surface area contributed by atoms with Gasteiger partial charge in [-0.1, -0.05) is 48.0 Å². The first-order chi connectivity index (χ1) is 11.4. The van der Waals surface area contributed by atoms with Crippen molar-refractivity contribution in [3.8, 4) is 0 Å². The molecule has 0 spiro atoms. The molecule has 0 aliphatic carbocycles. The van der Waals surface area contributed by atoms with Gasteiger partial charge < -0.3 is 0 Å². The van der Waals surface area contributed by atoms with Crippen LogP contribution in [0.3, 0.4) is 0 Å². The number of hydrogen-bond donors (Lipinski definition) is 1. The van der Waals surface area contributed by atoms with Crippen molar-refractivity contribution < 1.29 is 4.21 Å². The third-order valence-corrected chi connectivity index (χ3v) is 6.81. The molecule has 0 radical (unpaired) electrons. The lowest BCUT2D eigenvalue weighted by molar-refractivity contribution is 0.625. The molecule has 1 aromatic heterocycles. The van der Waals surface area contributed by atoms with Crippen molar-refractivity contribution in [1.82, 2.24) is 4.72 Å². The van der Waals surface area contributed by atoms with Crippen molar-refractivity contribution in [2.24, 2.45) is 0 Å². The largest absolute Gasteiger partial charge is 0.242 e. The van der Waals surface area contributed by atoms with E-state index in [0.717, 1.165) is 10.4 Å². The lowest BCUT2D eigenvalue weighted by atomic mass is 10.1. The highest BCUT2D eigenvalue weighted by atomic mass is 35.5. The summed E-state index contributed by atoms with van der Waals surface area (Å²) in [7, 11) is -1.20. The summed E-state index contributed by atoms with van der Waals surface area (Å²) in [4.78, 5) is 1.11. The molecule has 1 N–H and O–H groups in total. The van der Waals surface area contributed by atoms with E-state index < -0.39 is 11.0 Å². The maximum Gasteiger partial charge on any atom is 0.0979 e. The van der Waals surface area contributed by atoms with Gasteiger partial charge in [0, 0.05) is 14.6 Å². The zero-order valence-electron chi connectivity index (χ0n) is 13.9. The Hall–Kier alpha value is -1.20. The van der Waals surface area contributed by atoms with Gasteiger partial charge in [0.2, 0.25) is 0 Å². The van der Waals surface area contributed by atoms with Crippen molar-refractivity contribution in [3.05, 3.63) is 70.1 Å². The van der Waals surface area contributed by atoms with E-state index in [0.29, 0.717) is 5.02 Å². The first kappa shape index (κ1) is 17.6. The van der Waals surface area contributed by atoms with Crippen molar-refractivity contribution in [2.75, 3.05) is 0 Å². The SMILES string of the molecule is CC(C)(C)[S@](=O)N[C@@H](c1cc2ccccc2s1)c1ccccc1Cl. The summed E-state index contributed by atoms with van der Waals surface area (Å²) < 4.78 is 16.9. The summed E-state index contributed by atoms with van der Waals surface area (Å²) >= 11 is 8.14. The number of nitrogens with one attached hydrogen (secondary N) is 1. The minimum Gasteiger partial charge on any atom is -0.242 e. The molecule has 126 valence electrons. The Morgan fingerprint density at radius 2 is 1.75 bits per heavy atom. The van der Waals surface area contributed by atoms with Gasteiger partial charge in [-0.25, -0.2) is 8.93 Å². The topological polar surface area (TPSA) is 29.1 Å². The molecular weight excluding hydrogens is 358 g/mol. The second-order valence-electron chi connectivity index (χ2n) is 6.64. The fraction of sp³-hybridized carbons (Fsp3) is 0.263. The molecule has 0 fully saturated rings. The lowest BCUT2D eigenvalue weighted by Gasteiger charge is -2.24. The van der Waals surface area contributed by atoms with Crippen molar-refractivity contribution in [3.63, 3.8) is 0 Å². The van der Waals surface area contributed by atoms with Gasteiger partial charge in [0.05, 0.1) is 21.8 Å². The maximum atomic E-state index is 12.7. The van der Waals surface area contributed by atoms with E-state index in [-0.39, 0.29) is 10.8 Å². The zero-order chi connectivity index (χ0) is 17.3. The highest BCUT2D eigenvalue weighted by Crippen LogP contribution is 2.36. The Morgan fingerprint density at radius 3 is 2.42 bits per heavy atom. The minimum atomic E-state index is -1.20. The normalized spacial score (nSPS) is 14.7. The van der Waals surface area contributed by atoms with E-state index >= 15 is 0 Å². The molecule has 1 heterocycles. The second-order valence-corrected chi connectivity index (χ2v) is 10.2. The van der Waals surface area contributed by atoms with E-state index in [4.69, 9.17) is 11.6 Å². The molecule has 2 atom stereocenters. The van der Waals surface area contributed by atoms with E-state index in [1.807, 2.05) is 57.2 Å². The first-order valence-corrected chi connectivity index (χ1v) is 10.1. The first-order valence-electron chi connectivity index (χ1n) is 7.77. The van der Waals surface area contributed by atoms with Crippen LogP contribution < -0.4 is 4.72 Å². The number of fused-ring (bicyclic) bond motifs is 1. The van der Waals surface area contributed by atoms with Crippen molar-refractivity contribution in [2.45, 2.75) is 31.6 Å². The van der Waals surface area contributed by atoms with Crippen molar-refractivity contribution in [1.29, 1.82) is 0 Å². The van der Waals surface area contributed by atoms with Crippen molar-refractivity contribution >= 4 is 44.0 Å². The van der Waals surface area contributed by atoms with Gasteiger partial charge in [0.15, 0.2) is 0 Å². The quantitative estimate of drug-likeness (QED) is 0.621. The highest BCUT2D eigenvalue weighted by molar-refractivity contribution is 7.84. The van der Waals surface area contributed by atoms with Crippen LogP contribution in [0.15, 0.2) is 54.6 Å². The molecular formula is C19H20ClNOS2. The van der Waals surface area contributed by atoms with Gasteiger partial charge in [-0.15, -0.1) is 11.3 Å². The molecule has 0 aliphatic rings. The van der Waals surface area contributed by atoms with Crippen LogP contribution in [-0.4, -0.2) is 8.96 Å². The molecule has 3 aromatic rings. The van der Waals surface area contributed by atoms with Crippen LogP contribution in [-0.2, 0) is 11.0 Å². The van der Waals surface area contributed by atoms with Crippen LogP contribution in [0.4, 0.5) is 0 Å². The van der Waals surface area contributed by atoms with Gasteiger partial charge in [0.25, 0.3) is 0 Å². The summed E-state index contributed by atoms with van der Waals surface area (Å²) in [5, 5.41) is 1.87. The Bertz CT molecular complexity index is 849. The van der Waals surface area contributed by atoms with Gasteiger partial charge in [-0.3, -0.25) is 0 Å². The Labute approximate surface area is 154 Å². The molecule has 0 saturated heterocycles. The van der Waals surface area contributed by atoms with Crippen LogP contribution in [0.5, 0.6) is 0 Å². The third kappa shape index (κ3) is 3.72. The summed E-state index contributed by atoms with van der Waals surface area (Å²) in [5.74, 6) is 0. The fourth-order valence-electron chi connectivity index (χ4n) is 2.41. The van der Waals surface area contributed by atoms with E-state index in [9.17, 15) is 4.21 Å². The number of thiophene rings is 1. The number of rotatable bonds is 4. The summed E-state index contributed by atoms with van der Waals surface area (Å²) in [6.07, 6.45) is 0. The standard InChI is InChI=1S/C19H20ClNOS2/c1-19(2,3)24(22)21-18(14-9-5-6-10-15(14)20)17-12-13-8-4-7-11-16(13)23-17/h4-12,18,21H,1-3H3/t18-,24+/m1/s1. The van der Waals surface area contributed by atoms with Gasteiger partial charge in [0.1, 0.15) is 0 Å². The predicted molar refractivity (Wildman–Crippen MR) is 106 cm³/mol. The molecule has 2 nitrogen and oxygen atoms in total. The zero-order valence-corrected chi connectivity index (χ0v) is 16.3. The van der Waals surface area contributed by atoms with Crippen LogP contribution in [0.2, 0.25) is 5.02 Å². The monoisotopic (exact) mass is 377 g/mol. The summed E-state index contributed by atoms with van der Waals surface area (Å²) in [5.41, 5.74) is 0.948. The molecule has 0 amide bonds. The van der Waals surface area contributed by atoms with E-state index in [2.05, 4.69) is 22.9 Å². The third-order valence-electron chi connectivity index (χ3n) is 3.73. The second kappa shape index (κ2) is 6.96. The average molecular weight is 378 g/mol. The molecule has 0 aliphatic heterocycles. The predicted octanol–water partition coefficient (Wildman–Crippen LogP) is 5.70. The average Bonchev–Trinajstić information content (AvgIpc) is 2.96. The van der Waals surface area contributed by atoms with Gasteiger partial charge in [-0.2, -0.15) is 0 Å². The number of halogens is 1. The Balaban J connectivity index is 2.07. The van der Waals surface area contributed by atoms with Crippen LogP contribution in [0, 0.1) is 0 Å². The minimum absolute atomic E-state index is 0.198. The van der Waals surface area contributed by atoms with Crippen LogP contribution in [0.1, 0.15) is 37.3 Å². The van der Waals surface area contributed by atoms with E-state index in [1.54, 1.807) is 11.3 Å². The van der Waals surface area contributed by atoms with Crippen LogP contribution in [0.25, 0.3) is 10.1 Å². The van der Waals surface area contributed by atoms with Gasteiger partial charge >= 0.3 is 0 Å². The molecule has 5 heteroatoms. The Morgan fingerprint density at radius 1 is 1.08 bits per heavy atom. The molecule has 0 saturated carbocycles. The Kier molecular flexibility index (Phi) is 5.11. The smallest absolute Gasteiger partial charge is 0.0979 e. The van der Waals surface area contributed by atoms with E-state index in [1.165, 1.54) is 10.1 Å². The number of hydrogen-bond acceptors (Lipinski definition) is 2. The molecule has 24 heavy (non-hydrogen) atoms. The molecule has 3 rings (SSSR count). The fourth-order valence-corrected chi connectivity index (χ4v) is 4.69. The summed E-state index contributed by atoms with van der Waals surface area (Å²) in [6, 6.07) is 18.0. The van der Waals surface area contributed by atoms with Crippen LogP contribution >= 0.6 is 22.9 Å². The molecule has 0 unspecified atom stereocenters. The molecule has 0 bridgehead atoms. The summed E-state index contributed by atoms with van der Waals surface area (Å²) in [6.45, 7) is 5.89. The maximum absolute atomic E-state index is 12.7. The molecule has 2 aromatic carbocycles. The number of benzene rings is 2.